The van der Waals surface area contributed by atoms with E-state index in [0.717, 1.165) is 0 Å². The van der Waals surface area contributed by atoms with Gasteiger partial charge in [0, 0.05) is 11.5 Å². The lowest BCUT2D eigenvalue weighted by molar-refractivity contribution is 0.100. The first kappa shape index (κ1) is 15.6. The lowest BCUT2D eigenvalue weighted by atomic mass is 9.93. The maximum absolute atomic E-state index is 12.0. The normalized spacial score (nSPS) is 11.0. The molecule has 0 saturated heterocycles. The van der Waals surface area contributed by atoms with Gasteiger partial charge in [0.15, 0.2) is 5.82 Å². The van der Waals surface area contributed by atoms with Gasteiger partial charge in [0.2, 0.25) is 0 Å². The Kier molecular flexibility index (Phi) is 4.16. The number of nitrogens with two attached hydrogens (primary N) is 1. The summed E-state index contributed by atoms with van der Waals surface area (Å²) in [4.78, 5) is 23.3. The SMILES string of the molecule is CC(C)(C)c1cc(NC(=O)Nc2ccccc2C(N)=O)no1. The van der Waals surface area contributed by atoms with E-state index in [4.69, 9.17) is 10.3 Å². The highest BCUT2D eigenvalue weighted by atomic mass is 16.5. The van der Waals surface area contributed by atoms with Crippen molar-refractivity contribution in [1.29, 1.82) is 0 Å². The Bertz CT molecular complexity index is 701. The van der Waals surface area contributed by atoms with Crippen LogP contribution >= 0.6 is 0 Å². The zero-order chi connectivity index (χ0) is 16.3. The van der Waals surface area contributed by atoms with Crippen LogP contribution in [0, 0.1) is 0 Å². The fraction of sp³-hybridized carbons (Fsp3) is 0.267. The molecule has 2 rings (SSSR count). The third kappa shape index (κ3) is 3.63. The molecule has 0 atom stereocenters. The number of amides is 3. The van der Waals surface area contributed by atoms with Crippen molar-refractivity contribution in [3.63, 3.8) is 0 Å². The molecular weight excluding hydrogens is 284 g/mol. The number of primary amides is 1. The van der Waals surface area contributed by atoms with Gasteiger partial charge in [0.1, 0.15) is 5.76 Å². The number of para-hydroxylation sites is 1. The molecule has 0 bridgehead atoms. The smallest absolute Gasteiger partial charge is 0.324 e. The number of aromatic nitrogens is 1. The van der Waals surface area contributed by atoms with Gasteiger partial charge >= 0.3 is 6.03 Å². The predicted octanol–water partition coefficient (Wildman–Crippen LogP) is 2.71. The third-order valence-corrected chi connectivity index (χ3v) is 2.93. The number of carbonyl (C=O) groups excluding carboxylic acids is 2. The maximum Gasteiger partial charge on any atom is 0.324 e. The minimum absolute atomic E-state index is 0.206. The van der Waals surface area contributed by atoms with E-state index in [9.17, 15) is 9.59 Å². The van der Waals surface area contributed by atoms with E-state index in [-0.39, 0.29) is 11.0 Å². The van der Waals surface area contributed by atoms with E-state index >= 15 is 0 Å². The van der Waals surface area contributed by atoms with E-state index in [1.54, 1.807) is 24.3 Å². The van der Waals surface area contributed by atoms with Gasteiger partial charge in [-0.1, -0.05) is 38.1 Å². The van der Waals surface area contributed by atoms with Gasteiger partial charge in [0.05, 0.1) is 11.3 Å². The molecule has 22 heavy (non-hydrogen) atoms. The van der Waals surface area contributed by atoms with Gasteiger partial charge < -0.3 is 15.6 Å². The van der Waals surface area contributed by atoms with Crippen molar-refractivity contribution >= 4 is 23.4 Å². The first-order valence-electron chi connectivity index (χ1n) is 6.71. The number of hydrogen-bond acceptors (Lipinski definition) is 4. The highest BCUT2D eigenvalue weighted by Gasteiger charge is 2.20. The standard InChI is InChI=1S/C15H18N4O3/c1-15(2,3)11-8-12(19-22-11)18-14(21)17-10-7-5-4-6-9(10)13(16)20/h4-8H,1-3H3,(H2,16,20)(H2,17,18,19,21). The average Bonchev–Trinajstić information content (AvgIpc) is 2.87. The molecule has 7 nitrogen and oxygen atoms in total. The molecule has 0 aliphatic carbocycles. The number of rotatable bonds is 3. The zero-order valence-electron chi connectivity index (χ0n) is 12.6. The molecule has 116 valence electrons. The van der Waals surface area contributed by atoms with Gasteiger partial charge in [-0.2, -0.15) is 0 Å². The van der Waals surface area contributed by atoms with E-state index < -0.39 is 11.9 Å². The number of anilines is 2. The summed E-state index contributed by atoms with van der Waals surface area (Å²) in [5, 5.41) is 8.88. The van der Waals surface area contributed by atoms with Crippen LogP contribution in [0.15, 0.2) is 34.9 Å². The summed E-state index contributed by atoms with van der Waals surface area (Å²) >= 11 is 0. The van der Waals surface area contributed by atoms with Crippen LogP contribution < -0.4 is 16.4 Å². The van der Waals surface area contributed by atoms with Gasteiger partial charge in [-0.3, -0.25) is 10.1 Å². The largest absolute Gasteiger partial charge is 0.366 e. The molecule has 7 heteroatoms. The Morgan fingerprint density at radius 3 is 2.45 bits per heavy atom. The molecule has 0 radical (unpaired) electrons. The lowest BCUT2D eigenvalue weighted by Gasteiger charge is -2.12. The Hall–Kier alpha value is -2.83. The highest BCUT2D eigenvalue weighted by molar-refractivity contribution is 6.05. The number of carbonyl (C=O) groups is 2. The first-order chi connectivity index (χ1) is 10.3. The Balaban J connectivity index is 2.08. The quantitative estimate of drug-likeness (QED) is 0.809. The van der Waals surface area contributed by atoms with E-state index in [0.29, 0.717) is 17.3 Å². The van der Waals surface area contributed by atoms with Crippen molar-refractivity contribution in [1.82, 2.24) is 5.16 Å². The van der Waals surface area contributed by atoms with Gasteiger partial charge in [-0.05, 0) is 12.1 Å². The summed E-state index contributed by atoms with van der Waals surface area (Å²) in [5.74, 6) is 0.326. The Morgan fingerprint density at radius 1 is 1.18 bits per heavy atom. The second kappa shape index (κ2) is 5.88. The minimum atomic E-state index is -0.618. The molecular formula is C15H18N4O3. The number of benzene rings is 1. The molecule has 2 aromatic rings. The zero-order valence-corrected chi connectivity index (χ0v) is 12.6. The fourth-order valence-corrected chi connectivity index (χ4v) is 1.76. The Morgan fingerprint density at radius 2 is 1.86 bits per heavy atom. The third-order valence-electron chi connectivity index (χ3n) is 2.93. The van der Waals surface area contributed by atoms with Crippen molar-refractivity contribution in [2.45, 2.75) is 26.2 Å². The van der Waals surface area contributed by atoms with Crippen LogP contribution in [0.2, 0.25) is 0 Å². The van der Waals surface area contributed by atoms with Crippen molar-refractivity contribution in [2.75, 3.05) is 10.6 Å². The van der Waals surface area contributed by atoms with Gasteiger partial charge in [0.25, 0.3) is 5.91 Å². The van der Waals surface area contributed by atoms with E-state index in [2.05, 4.69) is 15.8 Å². The second-order valence-electron chi connectivity index (χ2n) is 5.82. The summed E-state index contributed by atoms with van der Waals surface area (Å²) in [6.45, 7) is 5.92. The average molecular weight is 302 g/mol. The Labute approximate surface area is 127 Å². The number of urea groups is 1. The molecule has 4 N–H and O–H groups in total. The van der Waals surface area contributed by atoms with Crippen LogP contribution in [-0.2, 0) is 5.41 Å². The lowest BCUT2D eigenvalue weighted by Crippen LogP contribution is -2.22. The molecule has 1 aromatic heterocycles. The van der Waals surface area contributed by atoms with Crippen LogP contribution in [-0.4, -0.2) is 17.1 Å². The molecule has 1 aromatic carbocycles. The van der Waals surface area contributed by atoms with E-state index in [1.807, 2.05) is 20.8 Å². The maximum atomic E-state index is 12.0. The van der Waals surface area contributed by atoms with E-state index in [1.165, 1.54) is 6.07 Å². The van der Waals surface area contributed by atoms with Crippen LogP contribution in [0.3, 0.4) is 0 Å². The number of nitrogens with one attached hydrogen (secondary N) is 2. The number of nitrogens with zero attached hydrogens (tertiary/aromatic N) is 1. The highest BCUT2D eigenvalue weighted by Crippen LogP contribution is 2.24. The summed E-state index contributed by atoms with van der Waals surface area (Å²) in [6.07, 6.45) is 0. The topological polar surface area (TPSA) is 110 Å². The predicted molar refractivity (Wildman–Crippen MR) is 82.8 cm³/mol. The molecule has 0 saturated carbocycles. The second-order valence-corrected chi connectivity index (χ2v) is 5.82. The van der Waals surface area contributed by atoms with Crippen molar-refractivity contribution < 1.29 is 14.1 Å². The molecule has 0 aliphatic heterocycles. The fourth-order valence-electron chi connectivity index (χ4n) is 1.76. The summed E-state index contributed by atoms with van der Waals surface area (Å²) in [6, 6.07) is 7.59. The minimum Gasteiger partial charge on any atom is -0.366 e. The number of hydrogen-bond donors (Lipinski definition) is 3. The summed E-state index contributed by atoms with van der Waals surface area (Å²) in [5.41, 5.74) is 5.61. The van der Waals surface area contributed by atoms with Crippen LogP contribution in [0.25, 0.3) is 0 Å². The van der Waals surface area contributed by atoms with Crippen molar-refractivity contribution in [3.8, 4) is 0 Å². The van der Waals surface area contributed by atoms with Crippen LogP contribution in [0.5, 0.6) is 0 Å². The molecule has 0 unspecified atom stereocenters. The van der Waals surface area contributed by atoms with Crippen molar-refractivity contribution in [3.05, 3.63) is 41.7 Å². The first-order valence-corrected chi connectivity index (χ1v) is 6.71. The van der Waals surface area contributed by atoms with Crippen LogP contribution in [0.1, 0.15) is 36.9 Å². The summed E-state index contributed by atoms with van der Waals surface area (Å²) < 4.78 is 5.18. The monoisotopic (exact) mass is 302 g/mol. The van der Waals surface area contributed by atoms with Gasteiger partial charge in [-0.15, -0.1) is 0 Å². The summed E-state index contributed by atoms with van der Waals surface area (Å²) in [7, 11) is 0. The molecule has 0 spiro atoms. The van der Waals surface area contributed by atoms with Crippen LogP contribution in [0.4, 0.5) is 16.3 Å². The molecule has 0 fully saturated rings. The molecule has 3 amide bonds. The van der Waals surface area contributed by atoms with Gasteiger partial charge in [-0.25, -0.2) is 4.79 Å². The molecule has 0 aliphatic rings. The molecule has 1 heterocycles. The van der Waals surface area contributed by atoms with Crippen molar-refractivity contribution in [2.24, 2.45) is 5.73 Å².